The summed E-state index contributed by atoms with van der Waals surface area (Å²) in [7, 11) is 0. The Morgan fingerprint density at radius 1 is 0.720 bits per heavy atom. The highest BCUT2D eigenvalue weighted by Gasteiger charge is 2.30. The monoisotopic (exact) mass is 354 g/mol. The fourth-order valence-electron chi connectivity index (χ4n) is 5.30. The molecule has 0 saturated heterocycles. The van der Waals surface area contributed by atoms with E-state index in [0.717, 1.165) is 30.6 Å². The van der Waals surface area contributed by atoms with Crippen LogP contribution in [0.25, 0.3) is 0 Å². The fourth-order valence-corrected chi connectivity index (χ4v) is 5.30. The van der Waals surface area contributed by atoms with Gasteiger partial charge in [-0.2, -0.15) is 8.78 Å². The molecule has 0 aromatic rings. The Hall–Kier alpha value is -0.400. The third kappa shape index (κ3) is 8.22. The van der Waals surface area contributed by atoms with Crippen molar-refractivity contribution in [2.24, 2.45) is 23.7 Å². The third-order valence-electron chi connectivity index (χ3n) is 6.95. The fraction of sp³-hybridized carbons (Fsp3) is 0.913. The van der Waals surface area contributed by atoms with Crippen molar-refractivity contribution in [2.45, 2.75) is 110 Å². The molecule has 2 rings (SSSR count). The molecular formula is C23H40F2. The van der Waals surface area contributed by atoms with E-state index < -0.39 is 6.08 Å². The molecule has 0 heterocycles. The van der Waals surface area contributed by atoms with Crippen molar-refractivity contribution in [2.75, 3.05) is 0 Å². The summed E-state index contributed by atoms with van der Waals surface area (Å²) < 4.78 is 24.8. The Morgan fingerprint density at radius 2 is 1.24 bits per heavy atom. The third-order valence-corrected chi connectivity index (χ3v) is 6.95. The average molecular weight is 355 g/mol. The maximum atomic E-state index is 12.4. The van der Waals surface area contributed by atoms with Crippen molar-refractivity contribution in [3.8, 4) is 0 Å². The molecule has 0 amide bonds. The molecule has 2 saturated carbocycles. The van der Waals surface area contributed by atoms with E-state index in [2.05, 4.69) is 6.92 Å². The van der Waals surface area contributed by atoms with Crippen LogP contribution in [0, 0.1) is 23.7 Å². The second-order valence-electron chi connectivity index (χ2n) is 8.82. The lowest BCUT2D eigenvalue weighted by atomic mass is 9.68. The minimum Gasteiger partial charge on any atom is -0.174 e. The second-order valence-corrected chi connectivity index (χ2v) is 8.82. The molecule has 0 aromatic carbocycles. The molecule has 0 aliphatic heterocycles. The van der Waals surface area contributed by atoms with Gasteiger partial charge < -0.3 is 0 Å². The molecule has 0 nitrogen and oxygen atoms in total. The summed E-state index contributed by atoms with van der Waals surface area (Å²) in [5.74, 6) is 2.85. The van der Waals surface area contributed by atoms with E-state index in [1.807, 2.05) is 0 Å². The zero-order chi connectivity index (χ0) is 17.9. The van der Waals surface area contributed by atoms with Crippen molar-refractivity contribution in [1.29, 1.82) is 0 Å². The highest BCUT2D eigenvalue weighted by atomic mass is 19.3. The molecule has 0 spiro atoms. The Bertz CT molecular complexity index is 356. The van der Waals surface area contributed by atoms with E-state index in [0.29, 0.717) is 0 Å². The summed E-state index contributed by atoms with van der Waals surface area (Å²) in [6, 6.07) is 0. The predicted octanol–water partition coefficient (Wildman–Crippen LogP) is 8.52. The average Bonchev–Trinajstić information content (AvgIpc) is 2.62. The van der Waals surface area contributed by atoms with Gasteiger partial charge in [-0.15, -0.1) is 0 Å². The van der Waals surface area contributed by atoms with E-state index in [1.165, 1.54) is 96.0 Å². The van der Waals surface area contributed by atoms with Crippen molar-refractivity contribution >= 4 is 0 Å². The zero-order valence-corrected chi connectivity index (χ0v) is 16.5. The van der Waals surface area contributed by atoms with Crippen LogP contribution in [0.5, 0.6) is 0 Å². The van der Waals surface area contributed by atoms with Crippen LogP contribution in [0.2, 0.25) is 0 Å². The van der Waals surface area contributed by atoms with Crippen LogP contribution in [-0.2, 0) is 0 Å². The first kappa shape index (κ1) is 20.9. The van der Waals surface area contributed by atoms with E-state index in [4.69, 9.17) is 0 Å². The van der Waals surface area contributed by atoms with Crippen LogP contribution in [0.4, 0.5) is 8.78 Å². The molecule has 0 N–H and O–H groups in total. The lowest BCUT2D eigenvalue weighted by molar-refractivity contribution is 0.150. The number of halogens is 2. The summed E-state index contributed by atoms with van der Waals surface area (Å²) >= 11 is 0. The van der Waals surface area contributed by atoms with Gasteiger partial charge in [-0.3, -0.25) is 0 Å². The minimum absolute atomic E-state index is 0.148. The number of rotatable bonds is 10. The predicted molar refractivity (Wildman–Crippen MR) is 104 cm³/mol. The smallest absolute Gasteiger partial charge is 0.174 e. The van der Waals surface area contributed by atoms with Gasteiger partial charge in [0.2, 0.25) is 0 Å². The summed E-state index contributed by atoms with van der Waals surface area (Å²) in [4.78, 5) is 0. The standard InChI is InChI=1S/C23H40F2/c1-2-3-4-5-6-7-8-9-19-10-14-21(15-11-19)22-16-12-20(13-17-22)18-23(24)25/h18-22H,2-17H2,1H3/t19-,20-,21-,22-. The molecule has 0 bridgehead atoms. The molecule has 2 aliphatic rings. The van der Waals surface area contributed by atoms with E-state index in [9.17, 15) is 8.78 Å². The quantitative estimate of drug-likeness (QED) is 0.345. The van der Waals surface area contributed by atoms with Gasteiger partial charge in [0.25, 0.3) is 6.08 Å². The van der Waals surface area contributed by atoms with Crippen molar-refractivity contribution in [3.63, 3.8) is 0 Å². The summed E-state index contributed by atoms with van der Waals surface area (Å²) in [6.07, 6.45) is 21.1. The van der Waals surface area contributed by atoms with Gasteiger partial charge >= 0.3 is 0 Å². The van der Waals surface area contributed by atoms with Crippen LogP contribution in [0.15, 0.2) is 12.2 Å². The van der Waals surface area contributed by atoms with Crippen LogP contribution in [0.3, 0.4) is 0 Å². The Morgan fingerprint density at radius 3 is 1.80 bits per heavy atom. The summed E-state index contributed by atoms with van der Waals surface area (Å²) in [5, 5.41) is 0. The van der Waals surface area contributed by atoms with Gasteiger partial charge in [0, 0.05) is 0 Å². The zero-order valence-electron chi connectivity index (χ0n) is 16.5. The van der Waals surface area contributed by atoms with Crippen LogP contribution in [-0.4, -0.2) is 0 Å². The van der Waals surface area contributed by atoms with Gasteiger partial charge in [-0.25, -0.2) is 0 Å². The Kier molecular flexibility index (Phi) is 10.1. The summed E-state index contributed by atoms with van der Waals surface area (Å²) in [5.41, 5.74) is 0. The Balaban J connectivity index is 1.52. The maximum Gasteiger partial charge on any atom is 0.266 e. The van der Waals surface area contributed by atoms with Crippen molar-refractivity contribution < 1.29 is 8.78 Å². The number of allylic oxidation sites excluding steroid dienone is 1. The topological polar surface area (TPSA) is 0 Å². The molecule has 25 heavy (non-hydrogen) atoms. The second kappa shape index (κ2) is 12.1. The molecule has 0 atom stereocenters. The largest absolute Gasteiger partial charge is 0.266 e. The molecule has 2 aliphatic carbocycles. The number of hydrogen-bond donors (Lipinski definition) is 0. The van der Waals surface area contributed by atoms with Crippen LogP contribution in [0.1, 0.15) is 110 Å². The van der Waals surface area contributed by atoms with Crippen LogP contribution < -0.4 is 0 Å². The molecule has 0 radical (unpaired) electrons. The molecular weight excluding hydrogens is 314 g/mol. The molecule has 2 fully saturated rings. The van der Waals surface area contributed by atoms with Gasteiger partial charge in [0.05, 0.1) is 0 Å². The number of unbranched alkanes of at least 4 members (excludes halogenated alkanes) is 6. The van der Waals surface area contributed by atoms with E-state index >= 15 is 0 Å². The maximum absolute atomic E-state index is 12.4. The first-order valence-corrected chi connectivity index (χ1v) is 11.2. The highest BCUT2D eigenvalue weighted by Crippen LogP contribution is 2.42. The Labute approximate surface area is 154 Å². The molecule has 146 valence electrons. The molecule has 0 unspecified atom stereocenters. The van der Waals surface area contributed by atoms with Crippen molar-refractivity contribution in [3.05, 3.63) is 12.2 Å². The molecule has 2 heteroatoms. The first-order valence-electron chi connectivity index (χ1n) is 11.2. The minimum atomic E-state index is -1.48. The highest BCUT2D eigenvalue weighted by molar-refractivity contribution is 4.92. The van der Waals surface area contributed by atoms with Gasteiger partial charge in [-0.05, 0) is 68.3 Å². The SMILES string of the molecule is CCCCCCCCC[C@H]1CC[C@H]([C@H]2CC[C@H](C=C(F)F)CC2)CC1. The normalized spacial score (nSPS) is 30.2. The van der Waals surface area contributed by atoms with E-state index in [1.54, 1.807) is 0 Å². The summed E-state index contributed by atoms with van der Waals surface area (Å²) in [6.45, 7) is 2.28. The van der Waals surface area contributed by atoms with E-state index in [-0.39, 0.29) is 5.92 Å². The van der Waals surface area contributed by atoms with Gasteiger partial charge in [0.15, 0.2) is 0 Å². The van der Waals surface area contributed by atoms with Crippen molar-refractivity contribution in [1.82, 2.24) is 0 Å². The van der Waals surface area contributed by atoms with Gasteiger partial charge in [-0.1, -0.05) is 71.1 Å². The lowest BCUT2D eigenvalue weighted by Gasteiger charge is -2.37. The number of hydrogen-bond acceptors (Lipinski definition) is 0. The first-order chi connectivity index (χ1) is 12.2. The van der Waals surface area contributed by atoms with Gasteiger partial charge in [0.1, 0.15) is 0 Å². The van der Waals surface area contributed by atoms with Crippen LogP contribution >= 0.6 is 0 Å². The molecule has 0 aromatic heterocycles. The lowest BCUT2D eigenvalue weighted by Crippen LogP contribution is -2.25.